The van der Waals surface area contributed by atoms with Crippen molar-refractivity contribution < 1.29 is 14.3 Å². The quantitative estimate of drug-likeness (QED) is 0.788. The van der Waals surface area contributed by atoms with E-state index >= 15 is 0 Å². The number of rotatable bonds is 5. The lowest BCUT2D eigenvalue weighted by atomic mass is 10.1. The summed E-state index contributed by atoms with van der Waals surface area (Å²) in [6.45, 7) is 6.69. The summed E-state index contributed by atoms with van der Waals surface area (Å²) in [5.74, 6) is -0.362. The highest BCUT2D eigenvalue weighted by Gasteiger charge is 2.13. The van der Waals surface area contributed by atoms with E-state index < -0.39 is 0 Å². The van der Waals surface area contributed by atoms with Gasteiger partial charge in [0.1, 0.15) is 5.01 Å². The molecule has 3 rings (SSSR count). The second-order valence-electron chi connectivity index (χ2n) is 5.34. The molecule has 0 unspecified atom stereocenters. The van der Waals surface area contributed by atoms with E-state index in [1.165, 1.54) is 16.9 Å². The third-order valence-electron chi connectivity index (χ3n) is 3.70. The number of thiazole rings is 1. The van der Waals surface area contributed by atoms with Crippen molar-refractivity contribution in [2.75, 3.05) is 32.9 Å². The Morgan fingerprint density at radius 1 is 1.30 bits per heavy atom. The Balaban J connectivity index is 1.66. The number of carbonyl (C=O) groups is 1. The average molecular weight is 332 g/mol. The van der Waals surface area contributed by atoms with Crippen LogP contribution >= 0.6 is 11.3 Å². The molecule has 0 spiro atoms. The Hall–Kier alpha value is -1.76. The lowest BCUT2D eigenvalue weighted by molar-refractivity contribution is 0.0342. The number of nitrogens with zero attached hydrogens (tertiary/aromatic N) is 2. The summed E-state index contributed by atoms with van der Waals surface area (Å²) >= 11 is 1.46. The fourth-order valence-electron chi connectivity index (χ4n) is 2.48. The summed E-state index contributed by atoms with van der Waals surface area (Å²) in [5.41, 5.74) is 2.68. The highest BCUT2D eigenvalue weighted by atomic mass is 32.1. The van der Waals surface area contributed by atoms with E-state index in [2.05, 4.69) is 34.1 Å². The van der Waals surface area contributed by atoms with Crippen LogP contribution in [0.2, 0.25) is 0 Å². The summed E-state index contributed by atoms with van der Waals surface area (Å²) < 4.78 is 10.3. The maximum absolute atomic E-state index is 11.7. The molecule has 1 aliphatic heterocycles. The van der Waals surface area contributed by atoms with Crippen LogP contribution in [0.1, 0.15) is 23.0 Å². The molecule has 1 fully saturated rings. The summed E-state index contributed by atoms with van der Waals surface area (Å²) in [7, 11) is 0. The highest BCUT2D eigenvalue weighted by molar-refractivity contribution is 7.13. The SMILES string of the molecule is CCOC(=O)c1csc(-c2ccc(CN3CCOCC3)cc2)n1. The Morgan fingerprint density at radius 2 is 2.04 bits per heavy atom. The number of aromatic nitrogens is 1. The highest BCUT2D eigenvalue weighted by Crippen LogP contribution is 2.24. The van der Waals surface area contributed by atoms with Crippen LogP contribution in [0.3, 0.4) is 0 Å². The molecular weight excluding hydrogens is 312 g/mol. The Morgan fingerprint density at radius 3 is 2.74 bits per heavy atom. The molecule has 0 saturated carbocycles. The van der Waals surface area contributed by atoms with Crippen LogP contribution in [0.15, 0.2) is 29.6 Å². The molecule has 0 amide bonds. The second kappa shape index (κ2) is 7.68. The molecule has 1 saturated heterocycles. The molecule has 6 heteroatoms. The zero-order valence-corrected chi connectivity index (χ0v) is 14.0. The zero-order chi connectivity index (χ0) is 16.1. The maximum atomic E-state index is 11.7. The molecule has 0 radical (unpaired) electrons. The van der Waals surface area contributed by atoms with Crippen molar-refractivity contribution in [3.8, 4) is 10.6 Å². The van der Waals surface area contributed by atoms with Crippen LogP contribution in [0, 0.1) is 0 Å². The van der Waals surface area contributed by atoms with Gasteiger partial charge in [-0.15, -0.1) is 11.3 Å². The van der Waals surface area contributed by atoms with Gasteiger partial charge in [0.2, 0.25) is 0 Å². The molecule has 23 heavy (non-hydrogen) atoms. The number of morpholine rings is 1. The fraction of sp³-hybridized carbons (Fsp3) is 0.412. The van der Waals surface area contributed by atoms with Gasteiger partial charge in [0, 0.05) is 30.6 Å². The molecular formula is C17H20N2O3S. The van der Waals surface area contributed by atoms with E-state index in [1.54, 1.807) is 12.3 Å². The summed E-state index contributed by atoms with van der Waals surface area (Å²) in [6.07, 6.45) is 0. The van der Waals surface area contributed by atoms with E-state index in [0.717, 1.165) is 43.4 Å². The van der Waals surface area contributed by atoms with Crippen LogP contribution in [0.4, 0.5) is 0 Å². The molecule has 1 aromatic heterocycles. The number of benzene rings is 1. The third-order valence-corrected chi connectivity index (χ3v) is 4.59. The molecule has 122 valence electrons. The maximum Gasteiger partial charge on any atom is 0.357 e. The van der Waals surface area contributed by atoms with Crippen LogP contribution in [0.25, 0.3) is 10.6 Å². The van der Waals surface area contributed by atoms with Gasteiger partial charge < -0.3 is 9.47 Å². The van der Waals surface area contributed by atoms with Crippen molar-refractivity contribution in [2.24, 2.45) is 0 Å². The minimum atomic E-state index is -0.362. The smallest absolute Gasteiger partial charge is 0.357 e. The normalized spacial score (nSPS) is 15.5. The molecule has 1 aliphatic rings. The van der Waals surface area contributed by atoms with Crippen molar-refractivity contribution in [1.82, 2.24) is 9.88 Å². The molecule has 0 bridgehead atoms. The summed E-state index contributed by atoms with van der Waals surface area (Å²) in [5, 5.41) is 2.58. The van der Waals surface area contributed by atoms with Crippen molar-refractivity contribution in [2.45, 2.75) is 13.5 Å². The van der Waals surface area contributed by atoms with Crippen LogP contribution in [0.5, 0.6) is 0 Å². The Bertz CT molecular complexity index is 648. The Labute approximate surface area is 139 Å². The van der Waals surface area contributed by atoms with Crippen LogP contribution < -0.4 is 0 Å². The van der Waals surface area contributed by atoms with E-state index in [-0.39, 0.29) is 5.97 Å². The first-order valence-electron chi connectivity index (χ1n) is 7.78. The van der Waals surface area contributed by atoms with Crippen molar-refractivity contribution >= 4 is 17.3 Å². The number of ether oxygens (including phenoxy) is 2. The van der Waals surface area contributed by atoms with Gasteiger partial charge in [0.15, 0.2) is 5.69 Å². The predicted molar refractivity (Wildman–Crippen MR) is 89.6 cm³/mol. The second-order valence-corrected chi connectivity index (χ2v) is 6.20. The van der Waals surface area contributed by atoms with Gasteiger partial charge in [0.25, 0.3) is 0 Å². The van der Waals surface area contributed by atoms with Gasteiger partial charge in [0.05, 0.1) is 19.8 Å². The average Bonchev–Trinajstić information content (AvgIpc) is 3.07. The first-order valence-corrected chi connectivity index (χ1v) is 8.66. The van der Waals surface area contributed by atoms with Crippen LogP contribution in [-0.2, 0) is 16.0 Å². The fourth-order valence-corrected chi connectivity index (χ4v) is 3.27. The molecule has 2 heterocycles. The number of esters is 1. The molecule has 5 nitrogen and oxygen atoms in total. The van der Waals surface area contributed by atoms with E-state index in [1.807, 2.05) is 0 Å². The van der Waals surface area contributed by atoms with Crippen molar-refractivity contribution in [3.63, 3.8) is 0 Å². The third kappa shape index (κ3) is 4.16. The first-order chi connectivity index (χ1) is 11.3. The van der Waals surface area contributed by atoms with Gasteiger partial charge in [-0.05, 0) is 12.5 Å². The molecule has 0 atom stereocenters. The predicted octanol–water partition coefficient (Wildman–Crippen LogP) is 2.82. The molecule has 2 aromatic rings. The monoisotopic (exact) mass is 332 g/mol. The summed E-state index contributed by atoms with van der Waals surface area (Å²) in [6, 6.07) is 8.36. The number of carbonyl (C=O) groups excluding carboxylic acids is 1. The van der Waals surface area contributed by atoms with Crippen molar-refractivity contribution in [3.05, 3.63) is 40.9 Å². The number of hydrogen-bond acceptors (Lipinski definition) is 6. The largest absolute Gasteiger partial charge is 0.461 e. The number of hydrogen-bond donors (Lipinski definition) is 0. The molecule has 0 aliphatic carbocycles. The molecule has 1 aromatic carbocycles. The standard InChI is InChI=1S/C17H20N2O3S/c1-2-22-17(20)15-12-23-16(18-15)14-5-3-13(4-6-14)11-19-7-9-21-10-8-19/h3-6,12H,2,7-11H2,1H3. The topological polar surface area (TPSA) is 51.7 Å². The summed E-state index contributed by atoms with van der Waals surface area (Å²) in [4.78, 5) is 18.4. The van der Waals surface area contributed by atoms with Gasteiger partial charge >= 0.3 is 5.97 Å². The van der Waals surface area contributed by atoms with Gasteiger partial charge in [-0.1, -0.05) is 24.3 Å². The zero-order valence-electron chi connectivity index (χ0n) is 13.2. The van der Waals surface area contributed by atoms with Gasteiger partial charge in [-0.3, -0.25) is 4.90 Å². The van der Waals surface area contributed by atoms with Gasteiger partial charge in [-0.25, -0.2) is 9.78 Å². The minimum Gasteiger partial charge on any atom is -0.461 e. The lowest BCUT2D eigenvalue weighted by Crippen LogP contribution is -2.35. The minimum absolute atomic E-state index is 0.362. The van der Waals surface area contributed by atoms with Crippen LogP contribution in [-0.4, -0.2) is 48.8 Å². The Kier molecular flexibility index (Phi) is 5.38. The van der Waals surface area contributed by atoms with Gasteiger partial charge in [-0.2, -0.15) is 0 Å². The molecule has 0 N–H and O–H groups in total. The van der Waals surface area contributed by atoms with E-state index in [9.17, 15) is 4.79 Å². The lowest BCUT2D eigenvalue weighted by Gasteiger charge is -2.26. The van der Waals surface area contributed by atoms with E-state index in [4.69, 9.17) is 9.47 Å². The van der Waals surface area contributed by atoms with E-state index in [0.29, 0.717) is 12.3 Å². The first kappa shape index (κ1) is 16.1. The van der Waals surface area contributed by atoms with Crippen molar-refractivity contribution in [1.29, 1.82) is 0 Å².